The molecule has 19 heavy (non-hydrogen) atoms. The fraction of sp³-hybridized carbons (Fsp3) is 0.300. The highest BCUT2D eigenvalue weighted by Gasteiger charge is 2.59. The lowest BCUT2D eigenvalue weighted by molar-refractivity contribution is -0.300. The Bertz CT molecular complexity index is 450. The lowest BCUT2D eigenvalue weighted by Gasteiger charge is -2.24. The van der Waals surface area contributed by atoms with Gasteiger partial charge in [0, 0.05) is 0 Å². The van der Waals surface area contributed by atoms with E-state index in [0.29, 0.717) is 6.07 Å². The van der Waals surface area contributed by atoms with E-state index in [1.807, 2.05) is 0 Å². The van der Waals surface area contributed by atoms with Crippen molar-refractivity contribution < 1.29 is 40.3 Å². The Balaban J connectivity index is 3.22. The molecule has 0 atom stereocenters. The van der Waals surface area contributed by atoms with Crippen molar-refractivity contribution >= 4 is 6.29 Å². The molecule has 1 rings (SSSR count). The second kappa shape index (κ2) is 5.06. The highest BCUT2D eigenvalue weighted by molar-refractivity contribution is 5.79. The third-order valence-electron chi connectivity index (χ3n) is 1.95. The number of ether oxygens (including phenoxy) is 1. The first-order chi connectivity index (χ1) is 8.57. The van der Waals surface area contributed by atoms with E-state index in [9.17, 15) is 35.5 Å². The number of rotatable bonds is 3. The van der Waals surface area contributed by atoms with Crippen LogP contribution in [-0.2, 0) is 0 Å². The summed E-state index contributed by atoms with van der Waals surface area (Å²) in [6.45, 7) is 0. The number of hydrogen-bond donors (Lipinski definition) is 0. The maximum atomic E-state index is 13.2. The normalized spacial score (nSPS) is 12.6. The minimum atomic E-state index is -5.79. The van der Waals surface area contributed by atoms with Gasteiger partial charge in [-0.2, -0.15) is 26.3 Å². The summed E-state index contributed by atoms with van der Waals surface area (Å²) in [5.41, 5.74) is -0.751. The van der Waals surface area contributed by atoms with Crippen LogP contribution in [-0.4, -0.2) is 24.7 Å². The van der Waals surface area contributed by atoms with Crippen molar-refractivity contribution in [3.8, 4) is 5.75 Å². The Morgan fingerprint density at radius 3 is 2.00 bits per heavy atom. The molecule has 1 aromatic carbocycles. The number of hydrogen-bond acceptors (Lipinski definition) is 2. The van der Waals surface area contributed by atoms with Gasteiger partial charge in [0.25, 0.3) is 6.10 Å². The maximum absolute atomic E-state index is 13.2. The van der Waals surface area contributed by atoms with E-state index in [1.165, 1.54) is 0 Å². The Hall–Kier alpha value is -1.80. The number of aldehydes is 1. The average molecular weight is 290 g/mol. The molecule has 0 fully saturated rings. The summed E-state index contributed by atoms with van der Waals surface area (Å²) >= 11 is 0. The van der Waals surface area contributed by atoms with Crippen LogP contribution in [0.5, 0.6) is 5.75 Å². The highest BCUT2D eigenvalue weighted by Crippen LogP contribution is 2.37. The molecule has 0 saturated carbocycles. The molecule has 0 aromatic heterocycles. The van der Waals surface area contributed by atoms with Crippen LogP contribution in [0.4, 0.5) is 30.7 Å². The minimum absolute atomic E-state index is 0.109. The van der Waals surface area contributed by atoms with Crippen LogP contribution in [0.3, 0.4) is 0 Å². The van der Waals surface area contributed by atoms with Crippen LogP contribution < -0.4 is 4.74 Å². The van der Waals surface area contributed by atoms with Gasteiger partial charge >= 0.3 is 12.4 Å². The van der Waals surface area contributed by atoms with Crippen molar-refractivity contribution in [1.82, 2.24) is 0 Å². The van der Waals surface area contributed by atoms with Crippen LogP contribution >= 0.6 is 0 Å². The van der Waals surface area contributed by atoms with Gasteiger partial charge in [-0.25, -0.2) is 4.39 Å². The number of benzene rings is 1. The second-order valence-electron chi connectivity index (χ2n) is 3.36. The number of para-hydroxylation sites is 1. The molecule has 0 amide bonds. The molecule has 9 heteroatoms. The Labute approximate surface area is 101 Å². The molecule has 0 bridgehead atoms. The summed E-state index contributed by atoms with van der Waals surface area (Å²) in [4.78, 5) is 10.5. The zero-order valence-corrected chi connectivity index (χ0v) is 8.85. The molecule has 1 aromatic rings. The van der Waals surface area contributed by atoms with Gasteiger partial charge in [-0.15, -0.1) is 0 Å². The van der Waals surface area contributed by atoms with Crippen LogP contribution in [0, 0.1) is 5.82 Å². The van der Waals surface area contributed by atoms with E-state index in [1.54, 1.807) is 0 Å². The summed E-state index contributed by atoms with van der Waals surface area (Å²) in [6.07, 6.45) is -15.9. The molecule has 106 valence electrons. The number of halogens is 7. The predicted molar refractivity (Wildman–Crippen MR) is 48.3 cm³/mol. The molecule has 0 aliphatic rings. The summed E-state index contributed by atoms with van der Waals surface area (Å²) in [7, 11) is 0. The molecule has 0 radical (unpaired) electrons. The molecule has 0 heterocycles. The molecule has 0 unspecified atom stereocenters. The quantitative estimate of drug-likeness (QED) is 0.629. The maximum Gasteiger partial charge on any atom is 0.434 e. The largest absolute Gasteiger partial charge is 0.467 e. The smallest absolute Gasteiger partial charge is 0.434 e. The number of carbonyl (C=O) groups is 1. The lowest BCUT2D eigenvalue weighted by Crippen LogP contribution is -2.46. The summed E-state index contributed by atoms with van der Waals surface area (Å²) in [5.74, 6) is -2.89. The van der Waals surface area contributed by atoms with Gasteiger partial charge < -0.3 is 4.74 Å². The third-order valence-corrected chi connectivity index (χ3v) is 1.95. The summed E-state index contributed by atoms with van der Waals surface area (Å²) in [5, 5.41) is 0. The Kier molecular flexibility index (Phi) is 4.06. The van der Waals surface area contributed by atoms with Gasteiger partial charge in [-0.1, -0.05) is 6.07 Å². The van der Waals surface area contributed by atoms with Gasteiger partial charge in [0.1, 0.15) is 0 Å². The van der Waals surface area contributed by atoms with E-state index in [4.69, 9.17) is 0 Å². The summed E-state index contributed by atoms with van der Waals surface area (Å²) in [6, 6.07) is 2.35. The average Bonchev–Trinajstić information content (AvgIpc) is 2.23. The number of alkyl halides is 6. The molecule has 2 nitrogen and oxygen atoms in total. The molecule has 0 aliphatic heterocycles. The van der Waals surface area contributed by atoms with Gasteiger partial charge in [-0.3, -0.25) is 4.79 Å². The molecular weight excluding hydrogens is 285 g/mol. The molecule has 0 aliphatic carbocycles. The van der Waals surface area contributed by atoms with Gasteiger partial charge in [0.15, 0.2) is 17.9 Å². The van der Waals surface area contributed by atoms with Crippen molar-refractivity contribution in [1.29, 1.82) is 0 Å². The monoisotopic (exact) mass is 290 g/mol. The molecule has 0 saturated heterocycles. The van der Waals surface area contributed by atoms with Gasteiger partial charge in [0.05, 0.1) is 5.56 Å². The Morgan fingerprint density at radius 2 is 1.58 bits per heavy atom. The predicted octanol–water partition coefficient (Wildman–Crippen LogP) is 3.51. The van der Waals surface area contributed by atoms with E-state index in [-0.39, 0.29) is 6.29 Å². The fourth-order valence-corrected chi connectivity index (χ4v) is 1.18. The molecular formula is C10H5F7O2. The van der Waals surface area contributed by atoms with Crippen molar-refractivity contribution in [2.45, 2.75) is 18.5 Å². The number of carbonyl (C=O) groups excluding carboxylic acids is 1. The fourth-order valence-electron chi connectivity index (χ4n) is 1.18. The van der Waals surface area contributed by atoms with Crippen LogP contribution in [0.1, 0.15) is 10.4 Å². The van der Waals surface area contributed by atoms with Crippen LogP contribution in [0.2, 0.25) is 0 Å². The van der Waals surface area contributed by atoms with E-state index < -0.39 is 35.6 Å². The van der Waals surface area contributed by atoms with Crippen LogP contribution in [0.25, 0.3) is 0 Å². The van der Waals surface area contributed by atoms with Gasteiger partial charge in [-0.05, 0) is 12.1 Å². The lowest BCUT2D eigenvalue weighted by atomic mass is 10.2. The van der Waals surface area contributed by atoms with Crippen molar-refractivity contribution in [3.05, 3.63) is 29.6 Å². The minimum Gasteiger partial charge on any atom is -0.467 e. The zero-order chi connectivity index (χ0) is 14.8. The van der Waals surface area contributed by atoms with Crippen molar-refractivity contribution in [2.24, 2.45) is 0 Å². The standard InChI is InChI=1S/C10H5F7O2/c11-6-3-1-2-5(4-18)7(6)19-8(9(12,13)14)10(15,16)17/h1-4,8H. The van der Waals surface area contributed by atoms with Crippen LogP contribution in [0.15, 0.2) is 18.2 Å². The van der Waals surface area contributed by atoms with E-state index in [0.717, 1.165) is 12.1 Å². The molecule has 0 N–H and O–H groups in total. The van der Waals surface area contributed by atoms with E-state index in [2.05, 4.69) is 4.74 Å². The topological polar surface area (TPSA) is 26.3 Å². The van der Waals surface area contributed by atoms with Gasteiger partial charge in [0.2, 0.25) is 0 Å². The van der Waals surface area contributed by atoms with E-state index >= 15 is 0 Å². The Morgan fingerprint density at radius 1 is 1.05 bits per heavy atom. The van der Waals surface area contributed by atoms with Crippen molar-refractivity contribution in [2.75, 3.05) is 0 Å². The first-order valence-electron chi connectivity index (χ1n) is 4.61. The summed E-state index contributed by atoms with van der Waals surface area (Å²) < 4.78 is 90.1. The molecule has 0 spiro atoms. The first kappa shape index (κ1) is 15.3. The highest BCUT2D eigenvalue weighted by atomic mass is 19.4. The first-order valence-corrected chi connectivity index (χ1v) is 4.61. The second-order valence-corrected chi connectivity index (χ2v) is 3.36. The SMILES string of the molecule is O=Cc1cccc(F)c1OC(C(F)(F)F)C(F)(F)F. The zero-order valence-electron chi connectivity index (χ0n) is 8.85. The third kappa shape index (κ3) is 3.58. The van der Waals surface area contributed by atoms with Crippen molar-refractivity contribution in [3.63, 3.8) is 0 Å².